The van der Waals surface area contributed by atoms with E-state index in [1.165, 1.54) is 17.8 Å². The monoisotopic (exact) mass is 326 g/mol. The summed E-state index contributed by atoms with van der Waals surface area (Å²) in [6.45, 7) is 6.50. The van der Waals surface area contributed by atoms with Gasteiger partial charge in [-0.15, -0.1) is 0 Å². The Balaban J connectivity index is 2.00. The SMILES string of the molecule is CCOc1cc(/C=N/NC(=O)c2ccc(C(C)C)cc2)ccc1O. The van der Waals surface area contributed by atoms with Gasteiger partial charge in [0, 0.05) is 5.56 Å². The molecule has 5 nitrogen and oxygen atoms in total. The maximum Gasteiger partial charge on any atom is 0.271 e. The van der Waals surface area contributed by atoms with Crippen LogP contribution in [0.15, 0.2) is 47.6 Å². The topological polar surface area (TPSA) is 70.9 Å². The molecule has 0 bridgehead atoms. The Bertz CT molecular complexity index is 722. The Morgan fingerprint density at radius 1 is 1.25 bits per heavy atom. The third-order valence-corrected chi connectivity index (χ3v) is 3.50. The number of amides is 1. The van der Waals surface area contributed by atoms with E-state index in [1.54, 1.807) is 24.3 Å². The number of carbonyl (C=O) groups is 1. The average molecular weight is 326 g/mol. The van der Waals surface area contributed by atoms with Crippen molar-refractivity contribution in [2.45, 2.75) is 26.7 Å². The molecular formula is C19H22N2O3. The minimum absolute atomic E-state index is 0.0725. The highest BCUT2D eigenvalue weighted by molar-refractivity contribution is 5.94. The van der Waals surface area contributed by atoms with E-state index in [9.17, 15) is 9.90 Å². The van der Waals surface area contributed by atoms with Gasteiger partial charge in [-0.05, 0) is 54.3 Å². The van der Waals surface area contributed by atoms with E-state index in [-0.39, 0.29) is 11.7 Å². The molecule has 0 saturated heterocycles. The molecule has 2 N–H and O–H groups in total. The third kappa shape index (κ3) is 4.59. The minimum atomic E-state index is -0.273. The lowest BCUT2D eigenvalue weighted by molar-refractivity contribution is 0.0955. The quantitative estimate of drug-likeness (QED) is 0.628. The Morgan fingerprint density at radius 2 is 1.96 bits per heavy atom. The van der Waals surface area contributed by atoms with Crippen molar-refractivity contribution in [1.29, 1.82) is 0 Å². The molecular weight excluding hydrogens is 304 g/mol. The molecule has 0 saturated carbocycles. The van der Waals surface area contributed by atoms with Crippen LogP contribution in [0, 0.1) is 0 Å². The molecule has 0 unspecified atom stereocenters. The molecule has 5 heteroatoms. The molecule has 0 heterocycles. The van der Waals surface area contributed by atoms with E-state index in [1.807, 2.05) is 19.1 Å². The summed E-state index contributed by atoms with van der Waals surface area (Å²) in [6.07, 6.45) is 1.50. The standard InChI is InChI=1S/C19H22N2O3/c1-4-24-18-11-14(5-10-17(18)22)12-20-21-19(23)16-8-6-15(7-9-16)13(2)3/h5-13,22H,4H2,1-3H3,(H,21,23)/b20-12+. The number of phenolic OH excluding ortho intramolecular Hbond substituents is 1. The lowest BCUT2D eigenvalue weighted by Gasteiger charge is -2.06. The van der Waals surface area contributed by atoms with Gasteiger partial charge in [-0.2, -0.15) is 5.10 Å². The van der Waals surface area contributed by atoms with Gasteiger partial charge in [0.15, 0.2) is 11.5 Å². The van der Waals surface area contributed by atoms with Crippen LogP contribution in [0.2, 0.25) is 0 Å². The third-order valence-electron chi connectivity index (χ3n) is 3.50. The second-order valence-corrected chi connectivity index (χ2v) is 5.64. The van der Waals surface area contributed by atoms with Gasteiger partial charge in [0.2, 0.25) is 0 Å². The largest absolute Gasteiger partial charge is 0.504 e. The van der Waals surface area contributed by atoms with Crippen LogP contribution < -0.4 is 10.2 Å². The molecule has 0 aliphatic heterocycles. The van der Waals surface area contributed by atoms with Crippen molar-refractivity contribution in [2.24, 2.45) is 5.10 Å². The summed E-state index contributed by atoms with van der Waals surface area (Å²) in [6, 6.07) is 12.3. The fraction of sp³-hybridized carbons (Fsp3) is 0.263. The van der Waals surface area contributed by atoms with Gasteiger partial charge in [0.1, 0.15) is 0 Å². The number of rotatable bonds is 6. The molecule has 0 fully saturated rings. The van der Waals surface area contributed by atoms with Crippen LogP contribution in [0.5, 0.6) is 11.5 Å². The first-order valence-electron chi connectivity index (χ1n) is 7.90. The first-order chi connectivity index (χ1) is 11.5. The van der Waals surface area contributed by atoms with Crippen molar-refractivity contribution in [3.8, 4) is 11.5 Å². The number of nitrogens with zero attached hydrogens (tertiary/aromatic N) is 1. The lowest BCUT2D eigenvalue weighted by atomic mass is 10.0. The summed E-state index contributed by atoms with van der Waals surface area (Å²) in [5, 5.41) is 13.6. The Labute approximate surface area is 142 Å². The maximum absolute atomic E-state index is 12.1. The predicted molar refractivity (Wildman–Crippen MR) is 94.9 cm³/mol. The molecule has 24 heavy (non-hydrogen) atoms. The van der Waals surface area contributed by atoms with E-state index in [2.05, 4.69) is 24.4 Å². The predicted octanol–water partition coefficient (Wildman–Crippen LogP) is 3.68. The first-order valence-corrected chi connectivity index (χ1v) is 7.90. The summed E-state index contributed by atoms with van der Waals surface area (Å²) >= 11 is 0. The van der Waals surface area contributed by atoms with Gasteiger partial charge in [0.05, 0.1) is 12.8 Å². The number of hydrogen-bond donors (Lipinski definition) is 2. The molecule has 126 valence electrons. The molecule has 2 rings (SSSR count). The number of phenols is 1. The van der Waals surface area contributed by atoms with Crippen LogP contribution in [0.4, 0.5) is 0 Å². The van der Waals surface area contributed by atoms with Gasteiger partial charge in [-0.3, -0.25) is 4.79 Å². The highest BCUT2D eigenvalue weighted by Gasteiger charge is 2.06. The first kappa shape index (κ1) is 17.5. The molecule has 2 aromatic rings. The summed E-state index contributed by atoms with van der Waals surface area (Å²) in [5.74, 6) is 0.611. The Morgan fingerprint density at radius 3 is 2.58 bits per heavy atom. The normalized spacial score (nSPS) is 11.0. The van der Waals surface area contributed by atoms with E-state index in [4.69, 9.17) is 4.74 Å². The summed E-state index contributed by atoms with van der Waals surface area (Å²) in [4.78, 5) is 12.1. The second kappa shape index (κ2) is 8.15. The maximum atomic E-state index is 12.1. The summed E-state index contributed by atoms with van der Waals surface area (Å²) in [7, 11) is 0. The van der Waals surface area contributed by atoms with Gasteiger partial charge < -0.3 is 9.84 Å². The fourth-order valence-corrected chi connectivity index (χ4v) is 2.13. The van der Waals surface area contributed by atoms with Crippen LogP contribution in [0.3, 0.4) is 0 Å². The van der Waals surface area contributed by atoms with Crippen LogP contribution in [0.25, 0.3) is 0 Å². The smallest absolute Gasteiger partial charge is 0.271 e. The van der Waals surface area contributed by atoms with E-state index in [0.29, 0.717) is 29.4 Å². The highest BCUT2D eigenvalue weighted by atomic mass is 16.5. The number of ether oxygens (including phenoxy) is 1. The molecule has 0 aliphatic carbocycles. The zero-order chi connectivity index (χ0) is 17.5. The molecule has 0 aromatic heterocycles. The Hall–Kier alpha value is -2.82. The van der Waals surface area contributed by atoms with Crippen molar-refractivity contribution in [3.05, 3.63) is 59.2 Å². The van der Waals surface area contributed by atoms with Crippen molar-refractivity contribution in [3.63, 3.8) is 0 Å². The van der Waals surface area contributed by atoms with Crippen LogP contribution in [-0.4, -0.2) is 23.8 Å². The number of carbonyl (C=O) groups excluding carboxylic acids is 1. The minimum Gasteiger partial charge on any atom is -0.504 e. The lowest BCUT2D eigenvalue weighted by Crippen LogP contribution is -2.17. The zero-order valence-corrected chi connectivity index (χ0v) is 14.1. The average Bonchev–Trinajstić information content (AvgIpc) is 2.58. The molecule has 2 aromatic carbocycles. The van der Waals surface area contributed by atoms with Crippen molar-refractivity contribution in [2.75, 3.05) is 6.61 Å². The number of hydrazone groups is 1. The molecule has 1 amide bonds. The van der Waals surface area contributed by atoms with Crippen molar-refractivity contribution >= 4 is 12.1 Å². The highest BCUT2D eigenvalue weighted by Crippen LogP contribution is 2.26. The number of hydrogen-bond acceptors (Lipinski definition) is 4. The van der Waals surface area contributed by atoms with Gasteiger partial charge in [-0.1, -0.05) is 26.0 Å². The van der Waals surface area contributed by atoms with Gasteiger partial charge in [-0.25, -0.2) is 5.43 Å². The fourth-order valence-electron chi connectivity index (χ4n) is 2.13. The van der Waals surface area contributed by atoms with E-state index >= 15 is 0 Å². The van der Waals surface area contributed by atoms with Crippen LogP contribution >= 0.6 is 0 Å². The molecule has 0 aliphatic rings. The summed E-state index contributed by atoms with van der Waals surface area (Å²) in [5.41, 5.74) is 4.94. The number of aromatic hydroxyl groups is 1. The van der Waals surface area contributed by atoms with Gasteiger partial charge >= 0.3 is 0 Å². The number of nitrogens with one attached hydrogen (secondary N) is 1. The van der Waals surface area contributed by atoms with Crippen LogP contribution in [0.1, 0.15) is 48.2 Å². The van der Waals surface area contributed by atoms with Gasteiger partial charge in [0.25, 0.3) is 5.91 Å². The van der Waals surface area contributed by atoms with E-state index in [0.717, 1.165) is 0 Å². The van der Waals surface area contributed by atoms with E-state index < -0.39 is 0 Å². The molecule has 0 radical (unpaired) electrons. The van der Waals surface area contributed by atoms with Crippen molar-refractivity contribution < 1.29 is 14.6 Å². The van der Waals surface area contributed by atoms with Crippen LogP contribution in [-0.2, 0) is 0 Å². The number of benzene rings is 2. The Kier molecular flexibility index (Phi) is 5.95. The van der Waals surface area contributed by atoms with Crippen molar-refractivity contribution in [1.82, 2.24) is 5.43 Å². The second-order valence-electron chi connectivity index (χ2n) is 5.64. The molecule has 0 spiro atoms. The zero-order valence-electron chi connectivity index (χ0n) is 14.1. The molecule has 0 atom stereocenters. The summed E-state index contributed by atoms with van der Waals surface area (Å²) < 4.78 is 5.31.